The van der Waals surface area contributed by atoms with Gasteiger partial charge in [0.1, 0.15) is 5.75 Å². The number of carbonyl (C=O) groups is 1. The SMILES string of the molecule is O=C1COc2ccc(CN3CCNCC3)cc2N1. The van der Waals surface area contributed by atoms with Gasteiger partial charge in [0.2, 0.25) is 0 Å². The highest BCUT2D eigenvalue weighted by Gasteiger charge is 2.17. The zero-order valence-corrected chi connectivity index (χ0v) is 10.2. The number of carbonyl (C=O) groups excluding carboxylic acids is 1. The Bertz CT molecular complexity index is 456. The maximum absolute atomic E-state index is 11.3. The van der Waals surface area contributed by atoms with Gasteiger partial charge in [0.25, 0.3) is 5.91 Å². The van der Waals surface area contributed by atoms with Gasteiger partial charge in [-0.15, -0.1) is 0 Å². The summed E-state index contributed by atoms with van der Waals surface area (Å²) in [4.78, 5) is 13.7. The zero-order chi connectivity index (χ0) is 12.4. The second kappa shape index (κ2) is 4.96. The number of amides is 1. The third kappa shape index (κ3) is 2.47. The van der Waals surface area contributed by atoms with E-state index >= 15 is 0 Å². The molecular weight excluding hydrogens is 230 g/mol. The molecule has 2 heterocycles. The van der Waals surface area contributed by atoms with Gasteiger partial charge in [-0.05, 0) is 17.7 Å². The van der Waals surface area contributed by atoms with Crippen molar-refractivity contribution < 1.29 is 9.53 Å². The highest BCUT2D eigenvalue weighted by molar-refractivity contribution is 5.95. The Balaban J connectivity index is 1.73. The molecule has 2 aliphatic heterocycles. The Kier molecular flexibility index (Phi) is 3.17. The van der Waals surface area contributed by atoms with Crippen LogP contribution in [0.1, 0.15) is 5.56 Å². The number of hydrogen-bond donors (Lipinski definition) is 2. The van der Waals surface area contributed by atoms with Crippen molar-refractivity contribution in [1.82, 2.24) is 10.2 Å². The van der Waals surface area contributed by atoms with E-state index in [4.69, 9.17) is 4.74 Å². The smallest absolute Gasteiger partial charge is 0.262 e. The van der Waals surface area contributed by atoms with Gasteiger partial charge in [-0.3, -0.25) is 9.69 Å². The Labute approximate surface area is 106 Å². The fourth-order valence-corrected chi connectivity index (χ4v) is 2.36. The first-order valence-electron chi connectivity index (χ1n) is 6.30. The van der Waals surface area contributed by atoms with E-state index in [0.29, 0.717) is 0 Å². The lowest BCUT2D eigenvalue weighted by Gasteiger charge is -2.27. The Morgan fingerprint density at radius 2 is 2.11 bits per heavy atom. The van der Waals surface area contributed by atoms with Crippen molar-refractivity contribution >= 4 is 11.6 Å². The van der Waals surface area contributed by atoms with Crippen molar-refractivity contribution in [3.63, 3.8) is 0 Å². The molecule has 1 aromatic rings. The molecule has 0 unspecified atom stereocenters. The van der Waals surface area contributed by atoms with Crippen LogP contribution in [0.2, 0.25) is 0 Å². The minimum absolute atomic E-state index is 0.0816. The van der Waals surface area contributed by atoms with Crippen LogP contribution < -0.4 is 15.4 Å². The molecule has 0 saturated carbocycles. The van der Waals surface area contributed by atoms with Crippen LogP contribution in [-0.2, 0) is 11.3 Å². The van der Waals surface area contributed by atoms with Gasteiger partial charge < -0.3 is 15.4 Å². The minimum Gasteiger partial charge on any atom is -0.482 e. The molecule has 2 N–H and O–H groups in total. The first kappa shape index (κ1) is 11.5. The maximum Gasteiger partial charge on any atom is 0.262 e. The quantitative estimate of drug-likeness (QED) is 0.795. The molecule has 1 amide bonds. The third-order valence-electron chi connectivity index (χ3n) is 3.29. The largest absolute Gasteiger partial charge is 0.482 e. The molecule has 1 aromatic carbocycles. The zero-order valence-electron chi connectivity index (χ0n) is 10.2. The molecule has 18 heavy (non-hydrogen) atoms. The molecule has 0 aromatic heterocycles. The number of piperazine rings is 1. The molecule has 0 atom stereocenters. The number of anilines is 1. The number of ether oxygens (including phenoxy) is 1. The van der Waals surface area contributed by atoms with E-state index in [0.717, 1.165) is 44.2 Å². The molecule has 0 spiro atoms. The van der Waals surface area contributed by atoms with Gasteiger partial charge in [0.15, 0.2) is 6.61 Å². The molecule has 1 fully saturated rings. The van der Waals surface area contributed by atoms with E-state index < -0.39 is 0 Å². The summed E-state index contributed by atoms with van der Waals surface area (Å²) in [5, 5.41) is 6.18. The second-order valence-corrected chi connectivity index (χ2v) is 4.69. The lowest BCUT2D eigenvalue weighted by atomic mass is 10.1. The van der Waals surface area contributed by atoms with Crippen LogP contribution in [0.3, 0.4) is 0 Å². The van der Waals surface area contributed by atoms with Crippen LogP contribution in [0.5, 0.6) is 5.75 Å². The molecule has 0 bridgehead atoms. The minimum atomic E-state index is -0.0816. The Hall–Kier alpha value is -1.59. The highest BCUT2D eigenvalue weighted by atomic mass is 16.5. The summed E-state index contributed by atoms with van der Waals surface area (Å²) < 4.78 is 5.35. The summed E-state index contributed by atoms with van der Waals surface area (Å²) in [5.74, 6) is 0.681. The van der Waals surface area contributed by atoms with Gasteiger partial charge in [-0.25, -0.2) is 0 Å². The van der Waals surface area contributed by atoms with E-state index in [9.17, 15) is 4.79 Å². The van der Waals surface area contributed by atoms with E-state index in [2.05, 4.69) is 21.6 Å². The average Bonchev–Trinajstić information content (AvgIpc) is 2.39. The van der Waals surface area contributed by atoms with Gasteiger partial charge in [-0.2, -0.15) is 0 Å². The van der Waals surface area contributed by atoms with Crippen molar-refractivity contribution in [3.05, 3.63) is 23.8 Å². The summed E-state index contributed by atoms with van der Waals surface area (Å²) in [5.41, 5.74) is 2.00. The van der Waals surface area contributed by atoms with Crippen molar-refractivity contribution in [3.8, 4) is 5.75 Å². The monoisotopic (exact) mass is 247 g/mol. The van der Waals surface area contributed by atoms with Crippen LogP contribution in [0.15, 0.2) is 18.2 Å². The molecule has 1 saturated heterocycles. The Morgan fingerprint density at radius 1 is 1.28 bits per heavy atom. The third-order valence-corrected chi connectivity index (χ3v) is 3.29. The molecular formula is C13H17N3O2. The fraction of sp³-hybridized carbons (Fsp3) is 0.462. The number of hydrogen-bond acceptors (Lipinski definition) is 4. The summed E-state index contributed by atoms with van der Waals surface area (Å²) in [7, 11) is 0. The average molecular weight is 247 g/mol. The topological polar surface area (TPSA) is 53.6 Å². The normalized spacial score (nSPS) is 19.9. The maximum atomic E-state index is 11.3. The predicted molar refractivity (Wildman–Crippen MR) is 68.7 cm³/mol. The van der Waals surface area contributed by atoms with Crippen LogP contribution in [-0.4, -0.2) is 43.6 Å². The lowest BCUT2D eigenvalue weighted by molar-refractivity contribution is -0.118. The lowest BCUT2D eigenvalue weighted by Crippen LogP contribution is -2.42. The van der Waals surface area contributed by atoms with Gasteiger partial charge >= 0.3 is 0 Å². The summed E-state index contributed by atoms with van der Waals surface area (Å²) >= 11 is 0. The van der Waals surface area contributed by atoms with Crippen molar-refractivity contribution in [2.24, 2.45) is 0 Å². The summed E-state index contributed by atoms with van der Waals surface area (Å²) in [6.07, 6.45) is 0. The standard InChI is InChI=1S/C13H17N3O2/c17-13-9-18-12-2-1-10(7-11(12)15-13)8-16-5-3-14-4-6-16/h1-2,7,14H,3-6,8-9H2,(H,15,17). The van der Waals surface area contributed by atoms with Gasteiger partial charge in [-0.1, -0.05) is 6.07 Å². The van der Waals surface area contributed by atoms with Crippen LogP contribution in [0, 0.1) is 0 Å². The molecule has 5 heteroatoms. The molecule has 0 aliphatic carbocycles. The summed E-state index contributed by atoms with van der Waals surface area (Å²) in [6, 6.07) is 6.01. The summed E-state index contributed by atoms with van der Waals surface area (Å²) in [6.45, 7) is 5.27. The molecule has 5 nitrogen and oxygen atoms in total. The van der Waals surface area contributed by atoms with Crippen molar-refractivity contribution in [1.29, 1.82) is 0 Å². The van der Waals surface area contributed by atoms with Crippen LogP contribution >= 0.6 is 0 Å². The number of fused-ring (bicyclic) bond motifs is 1. The fourth-order valence-electron chi connectivity index (χ4n) is 2.36. The second-order valence-electron chi connectivity index (χ2n) is 4.69. The number of nitrogens with zero attached hydrogens (tertiary/aromatic N) is 1. The van der Waals surface area contributed by atoms with Crippen molar-refractivity contribution in [2.45, 2.75) is 6.54 Å². The van der Waals surface area contributed by atoms with Crippen molar-refractivity contribution in [2.75, 3.05) is 38.1 Å². The number of rotatable bonds is 2. The van der Waals surface area contributed by atoms with E-state index in [1.807, 2.05) is 12.1 Å². The first-order chi connectivity index (χ1) is 8.81. The number of benzene rings is 1. The Morgan fingerprint density at radius 3 is 2.94 bits per heavy atom. The molecule has 2 aliphatic rings. The first-order valence-corrected chi connectivity index (χ1v) is 6.30. The van der Waals surface area contributed by atoms with Crippen LogP contribution in [0.4, 0.5) is 5.69 Å². The van der Waals surface area contributed by atoms with E-state index in [1.165, 1.54) is 5.56 Å². The molecule has 96 valence electrons. The van der Waals surface area contributed by atoms with E-state index in [-0.39, 0.29) is 12.5 Å². The van der Waals surface area contributed by atoms with E-state index in [1.54, 1.807) is 0 Å². The molecule has 3 rings (SSSR count). The highest BCUT2D eigenvalue weighted by Crippen LogP contribution is 2.28. The van der Waals surface area contributed by atoms with Gasteiger partial charge in [0.05, 0.1) is 5.69 Å². The predicted octanol–water partition coefficient (Wildman–Crippen LogP) is 0.423. The van der Waals surface area contributed by atoms with Crippen LogP contribution in [0.25, 0.3) is 0 Å². The molecule has 0 radical (unpaired) electrons. The van der Waals surface area contributed by atoms with Gasteiger partial charge in [0, 0.05) is 32.7 Å². The number of nitrogens with one attached hydrogen (secondary N) is 2.